The van der Waals surface area contributed by atoms with Crippen molar-refractivity contribution in [1.29, 1.82) is 0 Å². The molecule has 2 fully saturated rings. The van der Waals surface area contributed by atoms with Crippen LogP contribution >= 0.6 is 0 Å². The van der Waals surface area contributed by atoms with Crippen molar-refractivity contribution in [2.45, 2.75) is 30.8 Å². The van der Waals surface area contributed by atoms with Gasteiger partial charge in [0.15, 0.2) is 6.10 Å². The molecule has 2 aliphatic heterocycles. The van der Waals surface area contributed by atoms with Gasteiger partial charge in [-0.3, -0.25) is 4.79 Å². The van der Waals surface area contributed by atoms with Crippen molar-refractivity contribution < 1.29 is 22.7 Å². The van der Waals surface area contributed by atoms with Crippen molar-refractivity contribution in [3.05, 3.63) is 24.3 Å². The van der Waals surface area contributed by atoms with Crippen LogP contribution in [0.2, 0.25) is 0 Å². The van der Waals surface area contributed by atoms with Gasteiger partial charge >= 0.3 is 0 Å². The van der Waals surface area contributed by atoms with E-state index in [0.29, 0.717) is 45.1 Å². The van der Waals surface area contributed by atoms with Gasteiger partial charge in [0.25, 0.3) is 5.91 Å². The van der Waals surface area contributed by atoms with Crippen molar-refractivity contribution in [3.63, 3.8) is 0 Å². The monoisotopic (exact) mass is 368 g/mol. The van der Waals surface area contributed by atoms with Crippen LogP contribution in [-0.2, 0) is 19.6 Å². The number of hydrogen-bond donors (Lipinski definition) is 0. The lowest BCUT2D eigenvalue weighted by Crippen LogP contribution is -2.46. The third-order valence-corrected chi connectivity index (χ3v) is 6.42. The van der Waals surface area contributed by atoms with Crippen LogP contribution in [0, 0.1) is 0 Å². The molecule has 1 aromatic carbocycles. The van der Waals surface area contributed by atoms with Gasteiger partial charge in [-0.1, -0.05) is 0 Å². The van der Waals surface area contributed by atoms with Crippen molar-refractivity contribution in [2.24, 2.45) is 0 Å². The van der Waals surface area contributed by atoms with Gasteiger partial charge in [0.2, 0.25) is 10.0 Å². The molecule has 2 saturated heterocycles. The molecule has 3 rings (SSSR count). The third-order valence-electron chi connectivity index (χ3n) is 4.51. The fraction of sp³-hybridized carbons (Fsp3) is 0.588. The number of rotatable bonds is 5. The number of ether oxygens (including phenoxy) is 2. The molecule has 0 aliphatic carbocycles. The lowest BCUT2D eigenvalue weighted by molar-refractivity contribution is -0.142. The van der Waals surface area contributed by atoms with Gasteiger partial charge in [-0.05, 0) is 44.0 Å². The second-order valence-electron chi connectivity index (χ2n) is 6.28. The largest absolute Gasteiger partial charge is 0.481 e. The number of carbonyl (C=O) groups is 1. The Labute approximate surface area is 148 Å². The Morgan fingerprint density at radius 3 is 2.28 bits per heavy atom. The van der Waals surface area contributed by atoms with E-state index in [-0.39, 0.29) is 10.8 Å². The van der Waals surface area contributed by atoms with Crippen LogP contribution in [0.3, 0.4) is 0 Å². The molecule has 0 saturated carbocycles. The highest BCUT2D eigenvalue weighted by Gasteiger charge is 2.27. The Balaban J connectivity index is 1.63. The maximum atomic E-state index is 12.5. The first-order valence-corrected chi connectivity index (χ1v) is 10.1. The molecule has 25 heavy (non-hydrogen) atoms. The summed E-state index contributed by atoms with van der Waals surface area (Å²) in [6, 6.07) is 6.28. The summed E-state index contributed by atoms with van der Waals surface area (Å²) in [4.78, 5) is 14.3. The molecule has 0 N–H and O–H groups in total. The zero-order valence-electron chi connectivity index (χ0n) is 14.4. The zero-order valence-corrected chi connectivity index (χ0v) is 15.2. The van der Waals surface area contributed by atoms with E-state index in [9.17, 15) is 13.2 Å². The SMILES string of the molecule is C[C@H](Oc1ccc(S(=O)(=O)N2CCCC2)cc1)C(=O)N1CCOCC1. The summed E-state index contributed by atoms with van der Waals surface area (Å²) in [7, 11) is -3.43. The van der Waals surface area contributed by atoms with Gasteiger partial charge in [0.1, 0.15) is 5.75 Å². The van der Waals surface area contributed by atoms with Gasteiger partial charge in [0.05, 0.1) is 18.1 Å². The van der Waals surface area contributed by atoms with Crippen LogP contribution < -0.4 is 4.74 Å². The minimum atomic E-state index is -3.43. The van der Waals surface area contributed by atoms with Crippen LogP contribution in [0.1, 0.15) is 19.8 Å². The van der Waals surface area contributed by atoms with E-state index in [1.54, 1.807) is 24.0 Å². The van der Waals surface area contributed by atoms with Crippen LogP contribution in [-0.4, -0.2) is 69.0 Å². The highest BCUT2D eigenvalue weighted by atomic mass is 32.2. The molecule has 0 bridgehead atoms. The molecule has 138 valence electrons. The van der Waals surface area contributed by atoms with E-state index in [0.717, 1.165) is 12.8 Å². The Morgan fingerprint density at radius 2 is 1.68 bits per heavy atom. The van der Waals surface area contributed by atoms with Crippen LogP contribution in [0.25, 0.3) is 0 Å². The first-order chi connectivity index (χ1) is 12.0. The average molecular weight is 368 g/mol. The van der Waals surface area contributed by atoms with Gasteiger partial charge in [-0.25, -0.2) is 8.42 Å². The highest BCUT2D eigenvalue weighted by molar-refractivity contribution is 7.89. The Kier molecular flexibility index (Phi) is 5.61. The summed E-state index contributed by atoms with van der Waals surface area (Å²) in [6.07, 6.45) is 1.18. The quantitative estimate of drug-likeness (QED) is 0.778. The fourth-order valence-corrected chi connectivity index (χ4v) is 4.58. The predicted octanol–water partition coefficient (Wildman–Crippen LogP) is 1.10. The van der Waals surface area contributed by atoms with Crippen LogP contribution in [0.5, 0.6) is 5.75 Å². The minimum absolute atomic E-state index is 0.0861. The average Bonchev–Trinajstić information content (AvgIpc) is 3.18. The first kappa shape index (κ1) is 18.2. The number of amides is 1. The minimum Gasteiger partial charge on any atom is -0.481 e. The molecule has 8 heteroatoms. The number of sulfonamides is 1. The van der Waals surface area contributed by atoms with E-state index in [1.807, 2.05) is 0 Å². The van der Waals surface area contributed by atoms with Gasteiger partial charge < -0.3 is 14.4 Å². The van der Waals surface area contributed by atoms with Crippen LogP contribution in [0.4, 0.5) is 0 Å². The summed E-state index contributed by atoms with van der Waals surface area (Å²) < 4.78 is 37.4. The van der Waals surface area contributed by atoms with E-state index in [1.165, 1.54) is 16.4 Å². The molecule has 2 aliphatic rings. The zero-order chi connectivity index (χ0) is 17.9. The molecule has 0 aromatic heterocycles. The summed E-state index contributed by atoms with van der Waals surface area (Å²) in [5, 5.41) is 0. The number of hydrogen-bond acceptors (Lipinski definition) is 5. The number of morpholine rings is 1. The standard InChI is InChI=1S/C17H24N2O5S/c1-14(17(20)18-10-12-23-13-11-18)24-15-4-6-16(7-5-15)25(21,22)19-8-2-3-9-19/h4-7,14H,2-3,8-13H2,1H3/t14-/m0/s1. The molecule has 7 nitrogen and oxygen atoms in total. The Bertz CT molecular complexity index is 692. The molecule has 2 heterocycles. The number of carbonyl (C=O) groups excluding carboxylic acids is 1. The fourth-order valence-electron chi connectivity index (χ4n) is 3.06. The second kappa shape index (κ2) is 7.72. The normalized spacial score (nSPS) is 20.4. The Hall–Kier alpha value is -1.64. The van der Waals surface area contributed by atoms with Crippen molar-refractivity contribution >= 4 is 15.9 Å². The maximum Gasteiger partial charge on any atom is 0.263 e. The van der Waals surface area contributed by atoms with Crippen molar-refractivity contribution in [3.8, 4) is 5.75 Å². The van der Waals surface area contributed by atoms with E-state index in [4.69, 9.17) is 9.47 Å². The number of nitrogens with zero attached hydrogens (tertiary/aromatic N) is 2. The summed E-state index contributed by atoms with van der Waals surface area (Å²) >= 11 is 0. The number of benzene rings is 1. The predicted molar refractivity (Wildman–Crippen MR) is 91.9 cm³/mol. The maximum absolute atomic E-state index is 12.5. The molecule has 0 radical (unpaired) electrons. The highest BCUT2D eigenvalue weighted by Crippen LogP contribution is 2.23. The second-order valence-corrected chi connectivity index (χ2v) is 8.22. The van der Waals surface area contributed by atoms with E-state index in [2.05, 4.69) is 0 Å². The van der Waals surface area contributed by atoms with Gasteiger partial charge in [-0.2, -0.15) is 4.31 Å². The molecule has 1 amide bonds. The molecule has 1 aromatic rings. The smallest absolute Gasteiger partial charge is 0.263 e. The molecular weight excluding hydrogens is 344 g/mol. The molecular formula is C17H24N2O5S. The van der Waals surface area contributed by atoms with E-state index >= 15 is 0 Å². The topological polar surface area (TPSA) is 76.2 Å². The lowest BCUT2D eigenvalue weighted by Gasteiger charge is -2.29. The van der Waals surface area contributed by atoms with Crippen LogP contribution in [0.15, 0.2) is 29.2 Å². The Morgan fingerprint density at radius 1 is 1.08 bits per heavy atom. The first-order valence-electron chi connectivity index (χ1n) is 8.62. The van der Waals surface area contributed by atoms with Crippen molar-refractivity contribution in [1.82, 2.24) is 9.21 Å². The summed E-state index contributed by atoms with van der Waals surface area (Å²) in [5.74, 6) is 0.395. The molecule has 0 spiro atoms. The lowest BCUT2D eigenvalue weighted by atomic mass is 10.3. The summed E-state index contributed by atoms with van der Waals surface area (Å²) in [6.45, 7) is 5.08. The molecule has 1 atom stereocenters. The van der Waals surface area contributed by atoms with Gasteiger partial charge in [-0.15, -0.1) is 0 Å². The third kappa shape index (κ3) is 4.13. The van der Waals surface area contributed by atoms with E-state index < -0.39 is 16.1 Å². The molecule has 0 unspecified atom stereocenters. The summed E-state index contributed by atoms with van der Waals surface area (Å²) in [5.41, 5.74) is 0. The van der Waals surface area contributed by atoms with Crippen molar-refractivity contribution in [2.75, 3.05) is 39.4 Å². The van der Waals surface area contributed by atoms with Gasteiger partial charge in [0, 0.05) is 26.2 Å².